The van der Waals surface area contributed by atoms with Gasteiger partial charge < -0.3 is 10.1 Å². The van der Waals surface area contributed by atoms with E-state index in [0.717, 1.165) is 19.3 Å². The zero-order valence-corrected chi connectivity index (χ0v) is 8.36. The second-order valence-electron chi connectivity index (χ2n) is 3.88. The first-order chi connectivity index (χ1) is 6.83. The van der Waals surface area contributed by atoms with Crippen LogP contribution >= 0.6 is 0 Å². The van der Waals surface area contributed by atoms with E-state index < -0.39 is 0 Å². The first-order valence-corrected chi connectivity index (χ1v) is 5.09. The van der Waals surface area contributed by atoms with Crippen molar-refractivity contribution in [3.8, 4) is 0 Å². The molecular formula is C12H15NO. The average Bonchev–Trinajstić information content (AvgIpc) is 2.27. The lowest BCUT2D eigenvalue weighted by molar-refractivity contribution is -0.111. The molecule has 0 spiro atoms. The molecular weight excluding hydrogens is 174 g/mol. The molecule has 1 aromatic rings. The van der Waals surface area contributed by atoms with Crippen molar-refractivity contribution in [2.24, 2.45) is 5.92 Å². The first-order valence-electron chi connectivity index (χ1n) is 5.09. The molecule has 14 heavy (non-hydrogen) atoms. The van der Waals surface area contributed by atoms with Crippen LogP contribution in [-0.4, -0.2) is 12.8 Å². The molecule has 0 bridgehead atoms. The third kappa shape index (κ3) is 1.58. The van der Waals surface area contributed by atoms with Crippen molar-refractivity contribution in [2.75, 3.05) is 6.54 Å². The molecule has 0 aromatic heterocycles. The van der Waals surface area contributed by atoms with E-state index in [1.165, 1.54) is 11.1 Å². The van der Waals surface area contributed by atoms with E-state index in [4.69, 9.17) is 0 Å². The summed E-state index contributed by atoms with van der Waals surface area (Å²) in [5.74, 6) is 0.0523. The van der Waals surface area contributed by atoms with Gasteiger partial charge in [0, 0.05) is 12.0 Å². The Balaban J connectivity index is 2.35. The smallest absolute Gasteiger partial charge is 0.124 e. The second kappa shape index (κ2) is 3.93. The summed E-state index contributed by atoms with van der Waals surface area (Å²) in [7, 11) is 0. The zero-order valence-electron chi connectivity index (χ0n) is 8.36. The van der Waals surface area contributed by atoms with Crippen LogP contribution in [0.5, 0.6) is 0 Å². The fraction of sp³-hybridized carbons (Fsp3) is 0.417. The van der Waals surface area contributed by atoms with Crippen LogP contribution in [0.25, 0.3) is 0 Å². The fourth-order valence-corrected chi connectivity index (χ4v) is 2.09. The number of hydrogen-bond acceptors (Lipinski definition) is 2. The second-order valence-corrected chi connectivity index (χ2v) is 3.88. The van der Waals surface area contributed by atoms with Crippen molar-refractivity contribution < 1.29 is 4.79 Å². The zero-order chi connectivity index (χ0) is 9.97. The van der Waals surface area contributed by atoms with Gasteiger partial charge >= 0.3 is 0 Å². The van der Waals surface area contributed by atoms with Crippen LogP contribution in [0.4, 0.5) is 0 Å². The van der Waals surface area contributed by atoms with Crippen LogP contribution in [0.3, 0.4) is 0 Å². The van der Waals surface area contributed by atoms with Crippen LogP contribution in [0.2, 0.25) is 0 Å². The Morgan fingerprint density at radius 1 is 1.50 bits per heavy atom. The Morgan fingerprint density at radius 3 is 3.07 bits per heavy atom. The highest BCUT2D eigenvalue weighted by atomic mass is 16.1. The van der Waals surface area contributed by atoms with Crippen molar-refractivity contribution in [3.05, 3.63) is 35.4 Å². The number of benzene rings is 1. The Labute approximate surface area is 84.3 Å². The number of fused-ring (bicyclic) bond motifs is 1. The van der Waals surface area contributed by atoms with Crippen molar-refractivity contribution >= 4 is 6.29 Å². The van der Waals surface area contributed by atoms with Gasteiger partial charge in [0.15, 0.2) is 0 Å². The molecule has 1 aliphatic rings. The summed E-state index contributed by atoms with van der Waals surface area (Å²) >= 11 is 0. The Kier molecular flexibility index (Phi) is 2.64. The number of carbonyl (C=O) groups excluding carboxylic acids is 1. The number of rotatable bonds is 2. The molecule has 2 heteroatoms. The molecule has 0 aliphatic carbocycles. The highest BCUT2D eigenvalue weighted by Gasteiger charge is 2.23. The lowest BCUT2D eigenvalue weighted by Crippen LogP contribution is -2.34. The van der Waals surface area contributed by atoms with E-state index in [9.17, 15) is 4.79 Å². The highest BCUT2D eigenvalue weighted by molar-refractivity contribution is 5.55. The molecule has 2 unspecified atom stereocenters. The molecule has 0 radical (unpaired) electrons. The van der Waals surface area contributed by atoms with Gasteiger partial charge in [-0.3, -0.25) is 0 Å². The van der Waals surface area contributed by atoms with Gasteiger partial charge in [0.1, 0.15) is 6.29 Å². The largest absolute Gasteiger partial charge is 0.309 e. The summed E-state index contributed by atoms with van der Waals surface area (Å²) < 4.78 is 0. The van der Waals surface area contributed by atoms with Crippen LogP contribution in [-0.2, 0) is 11.2 Å². The lowest BCUT2D eigenvalue weighted by Gasteiger charge is -2.29. The molecule has 0 saturated carbocycles. The fourth-order valence-electron chi connectivity index (χ4n) is 2.09. The van der Waals surface area contributed by atoms with E-state index in [-0.39, 0.29) is 12.0 Å². The maximum absolute atomic E-state index is 10.8. The van der Waals surface area contributed by atoms with Gasteiger partial charge in [-0.2, -0.15) is 0 Å². The van der Waals surface area contributed by atoms with Crippen LogP contribution < -0.4 is 5.32 Å². The number of aldehydes is 1. The molecule has 1 N–H and O–H groups in total. The minimum Gasteiger partial charge on any atom is -0.309 e. The van der Waals surface area contributed by atoms with Gasteiger partial charge in [-0.25, -0.2) is 0 Å². The maximum atomic E-state index is 10.8. The summed E-state index contributed by atoms with van der Waals surface area (Å²) in [4.78, 5) is 10.8. The van der Waals surface area contributed by atoms with Crippen molar-refractivity contribution in [2.45, 2.75) is 19.4 Å². The molecule has 2 nitrogen and oxygen atoms in total. The number of carbonyl (C=O) groups is 1. The average molecular weight is 189 g/mol. The molecule has 74 valence electrons. The van der Waals surface area contributed by atoms with Crippen molar-refractivity contribution in [1.29, 1.82) is 0 Å². The Morgan fingerprint density at radius 2 is 2.29 bits per heavy atom. The summed E-state index contributed by atoms with van der Waals surface area (Å²) in [5.41, 5.74) is 2.67. The van der Waals surface area contributed by atoms with E-state index >= 15 is 0 Å². The predicted octanol–water partition coefficient (Wildman–Crippen LogP) is 1.71. The molecule has 2 atom stereocenters. The lowest BCUT2D eigenvalue weighted by atomic mass is 9.88. The van der Waals surface area contributed by atoms with E-state index in [1.54, 1.807) is 0 Å². The van der Waals surface area contributed by atoms with E-state index in [1.807, 2.05) is 13.0 Å². The summed E-state index contributed by atoms with van der Waals surface area (Å²) in [6.07, 6.45) is 2.10. The van der Waals surface area contributed by atoms with Crippen LogP contribution in [0, 0.1) is 5.92 Å². The van der Waals surface area contributed by atoms with Crippen molar-refractivity contribution in [3.63, 3.8) is 0 Å². The number of nitrogens with one attached hydrogen (secondary N) is 1. The summed E-state index contributed by atoms with van der Waals surface area (Å²) in [5, 5.41) is 3.39. The van der Waals surface area contributed by atoms with E-state index in [0.29, 0.717) is 0 Å². The molecule has 1 aliphatic heterocycles. The standard InChI is InChI=1S/C12H15NO/c1-9(8-14)12-11-5-3-2-4-10(11)6-7-13-12/h2-5,8-9,12-13H,6-7H2,1H3. The molecule has 0 saturated heterocycles. The van der Waals surface area contributed by atoms with Gasteiger partial charge in [0.05, 0.1) is 0 Å². The summed E-state index contributed by atoms with van der Waals surface area (Å²) in [6.45, 7) is 2.94. The van der Waals surface area contributed by atoms with Crippen LogP contribution in [0.1, 0.15) is 24.1 Å². The van der Waals surface area contributed by atoms with E-state index in [2.05, 4.69) is 23.5 Å². The summed E-state index contributed by atoms with van der Waals surface area (Å²) in [6, 6.07) is 8.58. The van der Waals surface area contributed by atoms with Gasteiger partial charge in [-0.15, -0.1) is 0 Å². The maximum Gasteiger partial charge on any atom is 0.124 e. The first kappa shape index (κ1) is 9.41. The van der Waals surface area contributed by atoms with Gasteiger partial charge in [0.25, 0.3) is 0 Å². The molecule has 0 amide bonds. The normalized spacial score (nSPS) is 22.5. The number of hydrogen-bond donors (Lipinski definition) is 1. The van der Waals surface area contributed by atoms with Crippen LogP contribution in [0.15, 0.2) is 24.3 Å². The highest BCUT2D eigenvalue weighted by Crippen LogP contribution is 2.27. The third-order valence-corrected chi connectivity index (χ3v) is 2.89. The van der Waals surface area contributed by atoms with Crippen molar-refractivity contribution in [1.82, 2.24) is 5.32 Å². The Bertz CT molecular complexity index is 335. The topological polar surface area (TPSA) is 29.1 Å². The monoisotopic (exact) mass is 189 g/mol. The molecule has 1 aromatic carbocycles. The minimum absolute atomic E-state index is 0.0523. The predicted molar refractivity (Wildman–Crippen MR) is 56.1 cm³/mol. The van der Waals surface area contributed by atoms with Gasteiger partial charge in [-0.1, -0.05) is 31.2 Å². The molecule has 0 fully saturated rings. The SMILES string of the molecule is CC(C=O)C1NCCc2ccccc21. The minimum atomic E-state index is 0.0523. The van der Waals surface area contributed by atoms with Gasteiger partial charge in [0.2, 0.25) is 0 Å². The third-order valence-electron chi connectivity index (χ3n) is 2.89. The molecule has 2 rings (SSSR count). The van der Waals surface area contributed by atoms with Gasteiger partial charge in [-0.05, 0) is 24.1 Å². The quantitative estimate of drug-likeness (QED) is 0.717. The molecule has 1 heterocycles. The Hall–Kier alpha value is -1.15.